The summed E-state index contributed by atoms with van der Waals surface area (Å²) in [7, 11) is 1.53. The molecule has 2 aromatic heterocycles. The van der Waals surface area contributed by atoms with Crippen molar-refractivity contribution in [2.75, 3.05) is 12.4 Å². The molecule has 0 aliphatic rings. The van der Waals surface area contributed by atoms with Crippen LogP contribution >= 0.6 is 11.3 Å². The Labute approximate surface area is 126 Å². The van der Waals surface area contributed by atoms with Crippen molar-refractivity contribution in [2.45, 2.75) is 20.4 Å². The molecule has 0 unspecified atom stereocenters. The Kier molecular flexibility index (Phi) is 3.55. The zero-order chi connectivity index (χ0) is 15.0. The Bertz CT molecular complexity index is 794. The van der Waals surface area contributed by atoms with Crippen LogP contribution in [0.3, 0.4) is 0 Å². The Morgan fingerprint density at radius 1 is 1.38 bits per heavy atom. The second-order valence-corrected chi connectivity index (χ2v) is 5.67. The number of fused-ring (bicyclic) bond motifs is 1. The molecule has 0 spiro atoms. The van der Waals surface area contributed by atoms with E-state index in [4.69, 9.17) is 4.74 Å². The van der Waals surface area contributed by atoms with E-state index < -0.39 is 0 Å². The van der Waals surface area contributed by atoms with Crippen LogP contribution in [0.4, 0.5) is 10.1 Å². The molecular formula is C15H16FN3OS. The number of ether oxygens (including phenoxy) is 1. The molecule has 0 atom stereocenters. The molecule has 1 aromatic carbocycles. The molecule has 0 saturated carbocycles. The molecule has 3 rings (SSSR count). The molecule has 2 heterocycles. The number of anilines is 1. The molecule has 6 heteroatoms. The summed E-state index contributed by atoms with van der Waals surface area (Å²) in [5, 5.41) is 5.38. The number of methoxy groups -OCH3 is 1. The summed E-state index contributed by atoms with van der Waals surface area (Å²) in [5.74, 6) is 0.185. The van der Waals surface area contributed by atoms with E-state index in [0.717, 1.165) is 22.0 Å². The smallest absolute Gasteiger partial charge is 0.194 e. The summed E-state index contributed by atoms with van der Waals surface area (Å²) in [6.45, 7) is 4.66. The van der Waals surface area contributed by atoms with Crippen molar-refractivity contribution >= 4 is 22.0 Å². The third-order valence-corrected chi connectivity index (χ3v) is 4.38. The minimum atomic E-state index is -0.311. The van der Waals surface area contributed by atoms with Gasteiger partial charge in [0, 0.05) is 17.1 Å². The quantitative estimate of drug-likeness (QED) is 0.797. The highest BCUT2D eigenvalue weighted by atomic mass is 32.1. The highest BCUT2D eigenvalue weighted by Crippen LogP contribution is 2.27. The summed E-state index contributed by atoms with van der Waals surface area (Å²) >= 11 is 1.63. The summed E-state index contributed by atoms with van der Waals surface area (Å²) < 4.78 is 20.6. The number of thiazole rings is 1. The molecule has 3 aromatic rings. The van der Waals surface area contributed by atoms with E-state index in [9.17, 15) is 4.39 Å². The van der Waals surface area contributed by atoms with Crippen molar-refractivity contribution in [3.05, 3.63) is 46.5 Å². The number of nitrogens with one attached hydrogen (secondary N) is 1. The van der Waals surface area contributed by atoms with Gasteiger partial charge in [-0.25, -0.2) is 9.37 Å². The van der Waals surface area contributed by atoms with Gasteiger partial charge in [0.05, 0.1) is 30.7 Å². The summed E-state index contributed by atoms with van der Waals surface area (Å²) in [6.07, 6.45) is 0. The lowest BCUT2D eigenvalue weighted by Crippen LogP contribution is -2.06. The number of benzene rings is 1. The van der Waals surface area contributed by atoms with Crippen molar-refractivity contribution in [3.8, 4) is 5.75 Å². The first-order valence-corrected chi connectivity index (χ1v) is 7.47. The van der Waals surface area contributed by atoms with Crippen molar-refractivity contribution in [1.82, 2.24) is 9.38 Å². The number of halogens is 1. The van der Waals surface area contributed by atoms with Gasteiger partial charge in [-0.3, -0.25) is 4.40 Å². The molecule has 1 N–H and O–H groups in total. The van der Waals surface area contributed by atoms with Gasteiger partial charge in [0.2, 0.25) is 0 Å². The zero-order valence-corrected chi connectivity index (χ0v) is 12.9. The second-order valence-electron chi connectivity index (χ2n) is 4.84. The number of rotatable bonds is 4. The average molecular weight is 305 g/mol. The van der Waals surface area contributed by atoms with E-state index in [2.05, 4.69) is 27.0 Å². The summed E-state index contributed by atoms with van der Waals surface area (Å²) in [5.41, 5.74) is 4.04. The van der Waals surface area contributed by atoms with E-state index in [0.29, 0.717) is 12.3 Å². The standard InChI is InChI=1S/C15H16FN3OS/c1-9-8-21-15-18-10(2)13(19(9)15)7-17-12-5-4-11(16)6-14(12)20-3/h4-6,8,17H,7H2,1-3H3. The Morgan fingerprint density at radius 2 is 2.19 bits per heavy atom. The van der Waals surface area contributed by atoms with Crippen LogP contribution < -0.4 is 10.1 Å². The van der Waals surface area contributed by atoms with Crippen LogP contribution in [0.25, 0.3) is 4.96 Å². The van der Waals surface area contributed by atoms with Crippen molar-refractivity contribution in [2.24, 2.45) is 0 Å². The fourth-order valence-electron chi connectivity index (χ4n) is 2.37. The van der Waals surface area contributed by atoms with Crippen molar-refractivity contribution in [3.63, 3.8) is 0 Å². The summed E-state index contributed by atoms with van der Waals surface area (Å²) in [6, 6.07) is 4.47. The van der Waals surface area contributed by atoms with Crippen LogP contribution in [-0.4, -0.2) is 16.5 Å². The lowest BCUT2D eigenvalue weighted by Gasteiger charge is -2.11. The first-order chi connectivity index (χ1) is 10.1. The summed E-state index contributed by atoms with van der Waals surface area (Å²) in [4.78, 5) is 5.55. The Hall–Kier alpha value is -2.08. The molecule has 0 radical (unpaired) electrons. The number of imidazole rings is 1. The van der Waals surface area contributed by atoms with Gasteiger partial charge in [-0.05, 0) is 26.0 Å². The average Bonchev–Trinajstić information content (AvgIpc) is 2.97. The second kappa shape index (κ2) is 5.37. The fourth-order valence-corrected chi connectivity index (χ4v) is 3.30. The van der Waals surface area contributed by atoms with Crippen molar-refractivity contribution in [1.29, 1.82) is 0 Å². The molecule has 0 bridgehead atoms. The van der Waals surface area contributed by atoms with Crippen LogP contribution in [0, 0.1) is 19.7 Å². The fraction of sp³-hybridized carbons (Fsp3) is 0.267. The third kappa shape index (κ3) is 2.47. The van der Waals surface area contributed by atoms with Crippen LogP contribution in [-0.2, 0) is 6.54 Å². The number of aryl methyl sites for hydroxylation is 2. The topological polar surface area (TPSA) is 38.6 Å². The predicted octanol–water partition coefficient (Wildman–Crippen LogP) is 3.77. The monoisotopic (exact) mass is 305 g/mol. The number of hydrogen-bond donors (Lipinski definition) is 1. The van der Waals surface area contributed by atoms with Crippen LogP contribution in [0.15, 0.2) is 23.6 Å². The lowest BCUT2D eigenvalue weighted by molar-refractivity contribution is 0.413. The Balaban J connectivity index is 1.90. The minimum Gasteiger partial charge on any atom is -0.494 e. The van der Waals surface area contributed by atoms with Gasteiger partial charge in [-0.2, -0.15) is 0 Å². The van der Waals surface area contributed by atoms with Crippen LogP contribution in [0.1, 0.15) is 17.1 Å². The Morgan fingerprint density at radius 3 is 2.95 bits per heavy atom. The molecule has 0 aliphatic carbocycles. The van der Waals surface area contributed by atoms with E-state index in [1.807, 2.05) is 6.92 Å². The van der Waals surface area contributed by atoms with E-state index in [-0.39, 0.29) is 5.82 Å². The first-order valence-electron chi connectivity index (χ1n) is 6.59. The van der Waals surface area contributed by atoms with Gasteiger partial charge in [-0.15, -0.1) is 11.3 Å². The normalized spacial score (nSPS) is 11.0. The molecule has 0 amide bonds. The maximum absolute atomic E-state index is 13.2. The van der Waals surface area contributed by atoms with Gasteiger partial charge in [0.15, 0.2) is 4.96 Å². The molecule has 0 saturated heterocycles. The van der Waals surface area contributed by atoms with E-state index in [1.165, 1.54) is 24.9 Å². The van der Waals surface area contributed by atoms with Gasteiger partial charge in [0.1, 0.15) is 11.6 Å². The van der Waals surface area contributed by atoms with Crippen molar-refractivity contribution < 1.29 is 9.13 Å². The molecule has 4 nitrogen and oxygen atoms in total. The maximum Gasteiger partial charge on any atom is 0.194 e. The number of aromatic nitrogens is 2. The van der Waals surface area contributed by atoms with E-state index >= 15 is 0 Å². The van der Waals surface area contributed by atoms with E-state index in [1.54, 1.807) is 17.4 Å². The number of nitrogens with zero attached hydrogens (tertiary/aromatic N) is 2. The third-order valence-electron chi connectivity index (χ3n) is 3.44. The lowest BCUT2D eigenvalue weighted by atomic mass is 10.2. The molecule has 0 fully saturated rings. The molecular weight excluding hydrogens is 289 g/mol. The van der Waals surface area contributed by atoms with Crippen LogP contribution in [0.2, 0.25) is 0 Å². The number of hydrogen-bond acceptors (Lipinski definition) is 4. The SMILES string of the molecule is COc1cc(F)ccc1NCc1c(C)nc2scc(C)n12. The van der Waals surface area contributed by atoms with Crippen LogP contribution in [0.5, 0.6) is 5.75 Å². The first kappa shape index (κ1) is 13.9. The molecule has 110 valence electrons. The highest BCUT2D eigenvalue weighted by Gasteiger charge is 2.13. The predicted molar refractivity (Wildman–Crippen MR) is 82.8 cm³/mol. The maximum atomic E-state index is 13.2. The van der Waals surface area contributed by atoms with Gasteiger partial charge >= 0.3 is 0 Å². The molecule has 21 heavy (non-hydrogen) atoms. The minimum absolute atomic E-state index is 0.311. The zero-order valence-electron chi connectivity index (χ0n) is 12.1. The van der Waals surface area contributed by atoms with Gasteiger partial charge in [0.25, 0.3) is 0 Å². The largest absolute Gasteiger partial charge is 0.494 e. The van der Waals surface area contributed by atoms with Gasteiger partial charge < -0.3 is 10.1 Å². The van der Waals surface area contributed by atoms with Gasteiger partial charge in [-0.1, -0.05) is 0 Å². The molecule has 0 aliphatic heterocycles. The highest BCUT2D eigenvalue weighted by molar-refractivity contribution is 7.15.